The lowest BCUT2D eigenvalue weighted by Gasteiger charge is -2.29. The third-order valence-corrected chi connectivity index (χ3v) is 5.96. The smallest absolute Gasteiger partial charge is 0.407 e. The van der Waals surface area contributed by atoms with Gasteiger partial charge >= 0.3 is 6.09 Å². The van der Waals surface area contributed by atoms with Gasteiger partial charge in [-0.25, -0.2) is 29.1 Å². The van der Waals surface area contributed by atoms with Gasteiger partial charge in [-0.1, -0.05) is 11.6 Å². The number of rotatable bonds is 6. The number of amides is 1. The normalized spacial score (nSPS) is 18.2. The van der Waals surface area contributed by atoms with Crippen LogP contribution >= 0.6 is 11.6 Å². The number of hydrogen-bond acceptors (Lipinski definition) is 8. The highest BCUT2D eigenvalue weighted by atomic mass is 35.5. The Morgan fingerprint density at radius 2 is 1.94 bits per heavy atom. The van der Waals surface area contributed by atoms with Gasteiger partial charge in [0, 0.05) is 18.3 Å². The van der Waals surface area contributed by atoms with Crippen molar-refractivity contribution in [2.45, 2.75) is 58.1 Å². The van der Waals surface area contributed by atoms with Crippen LogP contribution in [0.4, 0.5) is 26.6 Å². The molecule has 1 aliphatic rings. The summed E-state index contributed by atoms with van der Waals surface area (Å²) in [5.41, 5.74) is 1.21. The van der Waals surface area contributed by atoms with Crippen LogP contribution in [0, 0.1) is 11.7 Å². The summed E-state index contributed by atoms with van der Waals surface area (Å²) in [4.78, 5) is 29.4. The number of fused-ring (bicyclic) bond motifs is 1. The van der Waals surface area contributed by atoms with Crippen LogP contribution in [0.3, 0.4) is 0 Å². The first kappa shape index (κ1) is 24.8. The van der Waals surface area contributed by atoms with Crippen LogP contribution in [-0.4, -0.2) is 44.2 Å². The topological polar surface area (TPSA) is 114 Å². The van der Waals surface area contributed by atoms with Gasteiger partial charge in [-0.3, -0.25) is 0 Å². The minimum absolute atomic E-state index is 0.0160. The number of halogens is 2. The van der Waals surface area contributed by atoms with Crippen molar-refractivity contribution in [1.29, 1.82) is 0 Å². The molecule has 3 N–H and O–H groups in total. The monoisotopic (exact) mass is 501 g/mol. The summed E-state index contributed by atoms with van der Waals surface area (Å²) in [6.07, 6.45) is 6.51. The van der Waals surface area contributed by atoms with Crippen molar-refractivity contribution in [3.05, 3.63) is 41.6 Å². The lowest BCUT2D eigenvalue weighted by atomic mass is 9.86. The molecule has 35 heavy (non-hydrogen) atoms. The van der Waals surface area contributed by atoms with Gasteiger partial charge in [0.2, 0.25) is 5.95 Å². The van der Waals surface area contributed by atoms with Crippen molar-refractivity contribution in [3.8, 4) is 0 Å². The molecule has 2 aromatic heterocycles. The summed E-state index contributed by atoms with van der Waals surface area (Å²) in [6.45, 7) is 6.15. The highest BCUT2D eigenvalue weighted by Crippen LogP contribution is 2.28. The summed E-state index contributed by atoms with van der Waals surface area (Å²) in [5.74, 6) is 0.876. The van der Waals surface area contributed by atoms with Gasteiger partial charge < -0.3 is 20.7 Å². The predicted molar refractivity (Wildman–Crippen MR) is 133 cm³/mol. The minimum atomic E-state index is -0.502. The number of aromatic nitrogens is 4. The van der Waals surface area contributed by atoms with Crippen molar-refractivity contribution in [3.63, 3.8) is 0 Å². The van der Waals surface area contributed by atoms with Crippen molar-refractivity contribution in [2.24, 2.45) is 5.92 Å². The van der Waals surface area contributed by atoms with Crippen LogP contribution < -0.4 is 16.0 Å². The van der Waals surface area contributed by atoms with Crippen molar-refractivity contribution in [2.75, 3.05) is 17.2 Å². The fourth-order valence-corrected chi connectivity index (χ4v) is 4.14. The number of carbonyl (C=O) groups excluding carboxylic acids is 1. The molecule has 2 heterocycles. The Labute approximate surface area is 208 Å². The maximum atomic E-state index is 13.5. The molecule has 0 bridgehead atoms. The highest BCUT2D eigenvalue weighted by Gasteiger charge is 2.23. The van der Waals surface area contributed by atoms with Gasteiger partial charge in [-0.15, -0.1) is 0 Å². The number of alkyl carbamates (subject to hydrolysis) is 1. The van der Waals surface area contributed by atoms with Crippen LogP contribution in [0.25, 0.3) is 11.0 Å². The number of benzene rings is 1. The SMILES string of the molecule is CC(C)(C)OC(=O)NCC1CCC(Nc2ncc3ncnc(Nc4ccc(F)c(Cl)c4)c3n2)CC1. The molecule has 0 saturated heterocycles. The van der Waals surface area contributed by atoms with E-state index in [9.17, 15) is 9.18 Å². The Bertz CT molecular complexity index is 1200. The fraction of sp³-hybridized carbons (Fsp3) is 0.458. The van der Waals surface area contributed by atoms with Gasteiger partial charge in [-0.05, 0) is 70.6 Å². The summed E-state index contributed by atoms with van der Waals surface area (Å²) in [5, 5.41) is 9.42. The number of nitrogens with zero attached hydrogens (tertiary/aromatic N) is 4. The maximum Gasteiger partial charge on any atom is 0.407 e. The zero-order valence-corrected chi connectivity index (χ0v) is 20.7. The van der Waals surface area contributed by atoms with Crippen LogP contribution in [0.5, 0.6) is 0 Å². The molecule has 1 saturated carbocycles. The first-order valence-electron chi connectivity index (χ1n) is 11.6. The van der Waals surface area contributed by atoms with Crippen LogP contribution in [-0.2, 0) is 4.74 Å². The second kappa shape index (κ2) is 10.6. The molecule has 0 atom stereocenters. The van der Waals surface area contributed by atoms with Crippen LogP contribution in [0.15, 0.2) is 30.7 Å². The average Bonchev–Trinajstić information content (AvgIpc) is 2.80. The number of hydrogen-bond donors (Lipinski definition) is 3. The van der Waals surface area contributed by atoms with E-state index in [1.807, 2.05) is 20.8 Å². The molecule has 1 aromatic carbocycles. The molecule has 0 aliphatic heterocycles. The number of carbonyl (C=O) groups is 1. The van der Waals surface area contributed by atoms with Crippen LogP contribution in [0.2, 0.25) is 5.02 Å². The molecule has 186 valence electrons. The van der Waals surface area contributed by atoms with Gasteiger partial charge in [0.05, 0.1) is 11.2 Å². The summed E-state index contributed by atoms with van der Waals surface area (Å²) in [7, 11) is 0. The molecule has 0 radical (unpaired) electrons. The first-order chi connectivity index (χ1) is 16.7. The van der Waals surface area contributed by atoms with Crippen molar-refractivity contribution < 1.29 is 13.9 Å². The molecular weight excluding hydrogens is 473 g/mol. The summed E-state index contributed by atoms with van der Waals surface area (Å²) in [6, 6.07) is 4.57. The van der Waals surface area contributed by atoms with E-state index in [-0.39, 0.29) is 17.2 Å². The van der Waals surface area contributed by atoms with E-state index in [1.54, 1.807) is 12.3 Å². The number of nitrogens with one attached hydrogen (secondary N) is 3. The minimum Gasteiger partial charge on any atom is -0.444 e. The lowest BCUT2D eigenvalue weighted by Crippen LogP contribution is -2.37. The van der Waals surface area contributed by atoms with E-state index in [2.05, 4.69) is 35.9 Å². The Balaban J connectivity index is 1.36. The molecule has 0 spiro atoms. The summed E-state index contributed by atoms with van der Waals surface area (Å²) >= 11 is 5.89. The zero-order valence-electron chi connectivity index (χ0n) is 19.9. The molecule has 3 aromatic rings. The van der Waals surface area contributed by atoms with E-state index >= 15 is 0 Å². The molecule has 4 rings (SSSR count). The average molecular weight is 502 g/mol. The van der Waals surface area contributed by atoms with E-state index in [1.165, 1.54) is 18.5 Å². The van der Waals surface area contributed by atoms with E-state index in [0.717, 1.165) is 25.7 Å². The van der Waals surface area contributed by atoms with Crippen molar-refractivity contribution in [1.82, 2.24) is 25.3 Å². The number of ether oxygens (including phenoxy) is 1. The zero-order chi connectivity index (χ0) is 25.0. The second-order valence-corrected chi connectivity index (χ2v) is 10.1. The second-order valence-electron chi connectivity index (χ2n) is 9.65. The molecule has 0 unspecified atom stereocenters. The quantitative estimate of drug-likeness (QED) is 0.408. The predicted octanol–water partition coefficient (Wildman–Crippen LogP) is 5.45. The molecular formula is C24H29ClFN7O2. The lowest BCUT2D eigenvalue weighted by molar-refractivity contribution is 0.0515. The van der Waals surface area contributed by atoms with E-state index in [0.29, 0.717) is 40.9 Å². The Kier molecular flexibility index (Phi) is 7.49. The Morgan fingerprint density at radius 1 is 1.17 bits per heavy atom. The standard InChI is InChI=1S/C24H29ClFN7O2/c1-24(2,3)35-23(34)28-11-14-4-6-15(7-5-14)32-22-27-12-19-20(33-22)21(30-13-29-19)31-16-8-9-18(26)17(25)10-16/h8-10,12-15H,4-7,11H2,1-3H3,(H,28,34)(H,27,32,33)(H,29,30,31). The molecule has 1 amide bonds. The maximum absolute atomic E-state index is 13.5. The molecule has 11 heteroatoms. The van der Waals surface area contributed by atoms with E-state index < -0.39 is 11.4 Å². The highest BCUT2D eigenvalue weighted by molar-refractivity contribution is 6.31. The Hall–Kier alpha value is -3.27. The van der Waals surface area contributed by atoms with Gasteiger partial charge in [0.1, 0.15) is 28.8 Å². The molecule has 1 fully saturated rings. The molecule has 9 nitrogen and oxygen atoms in total. The van der Waals surface area contributed by atoms with Gasteiger partial charge in [0.25, 0.3) is 0 Å². The fourth-order valence-electron chi connectivity index (χ4n) is 3.96. The van der Waals surface area contributed by atoms with Gasteiger partial charge in [-0.2, -0.15) is 0 Å². The first-order valence-corrected chi connectivity index (χ1v) is 12.0. The third-order valence-electron chi connectivity index (χ3n) is 5.67. The third kappa shape index (κ3) is 6.88. The molecule has 1 aliphatic carbocycles. The van der Waals surface area contributed by atoms with Crippen molar-refractivity contribution >= 4 is 46.2 Å². The van der Waals surface area contributed by atoms with Gasteiger partial charge in [0.15, 0.2) is 5.82 Å². The van der Waals surface area contributed by atoms with E-state index in [4.69, 9.17) is 16.3 Å². The summed E-state index contributed by atoms with van der Waals surface area (Å²) < 4.78 is 18.8. The number of anilines is 3. The Morgan fingerprint density at radius 3 is 2.66 bits per heavy atom. The van der Waals surface area contributed by atoms with Crippen LogP contribution in [0.1, 0.15) is 46.5 Å². The largest absolute Gasteiger partial charge is 0.444 e.